The van der Waals surface area contributed by atoms with Crippen molar-refractivity contribution in [2.75, 3.05) is 7.11 Å². The van der Waals surface area contributed by atoms with E-state index < -0.39 is 24.2 Å². The van der Waals surface area contributed by atoms with Crippen molar-refractivity contribution in [3.63, 3.8) is 0 Å². The Hall–Kier alpha value is -3.49. The van der Waals surface area contributed by atoms with Crippen LogP contribution < -0.4 is 20.3 Å². The first-order chi connectivity index (χ1) is 12.9. The minimum atomic E-state index is -3.07. The SMILES string of the molecule is COc1cccc(/C=C/C(=O)NNC(=O)c2ccc(F)cc2)c1OC(F)F. The number of hydrogen-bond donors (Lipinski definition) is 2. The number of nitrogens with one attached hydrogen (secondary N) is 2. The molecule has 0 aliphatic rings. The molecule has 2 rings (SSSR count). The average molecular weight is 380 g/mol. The van der Waals surface area contributed by atoms with Crippen molar-refractivity contribution in [1.82, 2.24) is 10.9 Å². The summed E-state index contributed by atoms with van der Waals surface area (Å²) >= 11 is 0. The maximum Gasteiger partial charge on any atom is 0.387 e. The zero-order valence-corrected chi connectivity index (χ0v) is 14.0. The van der Waals surface area contributed by atoms with Crippen LogP contribution in [0.5, 0.6) is 11.5 Å². The summed E-state index contributed by atoms with van der Waals surface area (Å²) in [7, 11) is 1.29. The van der Waals surface area contributed by atoms with Crippen LogP contribution in [0.4, 0.5) is 13.2 Å². The third kappa shape index (κ3) is 5.77. The van der Waals surface area contributed by atoms with Crippen molar-refractivity contribution in [3.8, 4) is 11.5 Å². The molecule has 0 saturated heterocycles. The third-order valence-electron chi connectivity index (χ3n) is 3.26. The van der Waals surface area contributed by atoms with E-state index in [-0.39, 0.29) is 22.6 Å². The molecule has 0 unspecified atom stereocenters. The number of carbonyl (C=O) groups is 2. The molecule has 0 heterocycles. The van der Waals surface area contributed by atoms with E-state index in [1.54, 1.807) is 0 Å². The van der Waals surface area contributed by atoms with Gasteiger partial charge in [-0.2, -0.15) is 8.78 Å². The molecule has 0 aliphatic heterocycles. The van der Waals surface area contributed by atoms with Gasteiger partial charge in [0.15, 0.2) is 11.5 Å². The number of alkyl halides is 2. The lowest BCUT2D eigenvalue weighted by Gasteiger charge is -2.12. The Kier molecular flexibility index (Phi) is 6.81. The molecule has 2 aromatic carbocycles. The summed E-state index contributed by atoms with van der Waals surface area (Å²) in [5.74, 6) is -2.04. The second-order valence-corrected chi connectivity index (χ2v) is 5.04. The Labute approximate surface area is 152 Å². The lowest BCUT2D eigenvalue weighted by Crippen LogP contribution is -2.40. The van der Waals surface area contributed by atoms with Crippen LogP contribution in [-0.2, 0) is 4.79 Å². The first-order valence-electron chi connectivity index (χ1n) is 7.56. The van der Waals surface area contributed by atoms with Gasteiger partial charge >= 0.3 is 6.61 Å². The number of para-hydroxylation sites is 1. The molecule has 142 valence electrons. The molecule has 27 heavy (non-hydrogen) atoms. The summed E-state index contributed by atoms with van der Waals surface area (Å²) in [6.45, 7) is -3.07. The molecule has 0 saturated carbocycles. The first-order valence-corrected chi connectivity index (χ1v) is 7.56. The summed E-state index contributed by atoms with van der Waals surface area (Å²) in [5.41, 5.74) is 4.57. The highest BCUT2D eigenvalue weighted by Crippen LogP contribution is 2.33. The number of halogens is 3. The summed E-state index contributed by atoms with van der Waals surface area (Å²) in [6, 6.07) is 9.10. The normalized spacial score (nSPS) is 10.7. The predicted molar refractivity (Wildman–Crippen MR) is 90.7 cm³/mol. The van der Waals surface area contributed by atoms with Gasteiger partial charge in [0.05, 0.1) is 7.11 Å². The van der Waals surface area contributed by atoms with Gasteiger partial charge in [-0.3, -0.25) is 20.4 Å². The van der Waals surface area contributed by atoms with Gasteiger partial charge in [0.25, 0.3) is 11.8 Å². The van der Waals surface area contributed by atoms with Crippen molar-refractivity contribution in [3.05, 3.63) is 65.5 Å². The zero-order valence-electron chi connectivity index (χ0n) is 14.0. The highest BCUT2D eigenvalue weighted by Gasteiger charge is 2.14. The summed E-state index contributed by atoms with van der Waals surface area (Å²) in [4.78, 5) is 23.6. The highest BCUT2D eigenvalue weighted by atomic mass is 19.3. The van der Waals surface area contributed by atoms with Gasteiger partial charge in [0, 0.05) is 17.2 Å². The molecule has 0 atom stereocenters. The highest BCUT2D eigenvalue weighted by molar-refractivity contribution is 5.98. The van der Waals surface area contributed by atoms with Crippen molar-refractivity contribution >= 4 is 17.9 Å². The number of rotatable bonds is 6. The fraction of sp³-hybridized carbons (Fsp3) is 0.111. The van der Waals surface area contributed by atoms with E-state index in [1.165, 1.54) is 43.5 Å². The fourth-order valence-corrected chi connectivity index (χ4v) is 2.04. The van der Waals surface area contributed by atoms with Gasteiger partial charge in [-0.25, -0.2) is 4.39 Å². The van der Waals surface area contributed by atoms with Gasteiger partial charge in [-0.1, -0.05) is 12.1 Å². The Balaban J connectivity index is 2.02. The van der Waals surface area contributed by atoms with Gasteiger partial charge < -0.3 is 9.47 Å². The lowest BCUT2D eigenvalue weighted by atomic mass is 10.1. The van der Waals surface area contributed by atoms with E-state index in [2.05, 4.69) is 15.6 Å². The number of hydrogen-bond acceptors (Lipinski definition) is 4. The van der Waals surface area contributed by atoms with Crippen LogP contribution in [-0.4, -0.2) is 25.5 Å². The van der Waals surface area contributed by atoms with Gasteiger partial charge in [-0.15, -0.1) is 0 Å². The van der Waals surface area contributed by atoms with Crippen molar-refractivity contribution in [2.24, 2.45) is 0 Å². The van der Waals surface area contributed by atoms with Crippen molar-refractivity contribution in [1.29, 1.82) is 0 Å². The Morgan fingerprint density at radius 3 is 2.41 bits per heavy atom. The van der Waals surface area contributed by atoms with Gasteiger partial charge in [-0.05, 0) is 36.4 Å². The molecule has 6 nitrogen and oxygen atoms in total. The quantitative estimate of drug-likeness (QED) is 0.597. The zero-order chi connectivity index (χ0) is 19.8. The molecule has 9 heteroatoms. The molecule has 0 radical (unpaired) electrons. The summed E-state index contributed by atoms with van der Waals surface area (Å²) in [5, 5.41) is 0. The van der Waals surface area contributed by atoms with Gasteiger partial charge in [0.2, 0.25) is 0 Å². The largest absolute Gasteiger partial charge is 0.493 e. The Morgan fingerprint density at radius 2 is 1.78 bits per heavy atom. The smallest absolute Gasteiger partial charge is 0.387 e. The van der Waals surface area contributed by atoms with Crippen molar-refractivity contribution in [2.45, 2.75) is 6.61 Å². The summed E-state index contributed by atoms with van der Waals surface area (Å²) in [6.07, 6.45) is 2.23. The van der Waals surface area contributed by atoms with E-state index in [9.17, 15) is 22.8 Å². The van der Waals surface area contributed by atoms with Crippen LogP contribution in [0, 0.1) is 5.82 Å². The van der Waals surface area contributed by atoms with E-state index in [4.69, 9.17) is 4.74 Å². The maximum atomic E-state index is 12.8. The molecular formula is C18H15F3N2O4. The topological polar surface area (TPSA) is 76.7 Å². The molecule has 0 bridgehead atoms. The van der Waals surface area contributed by atoms with Crippen LogP contribution in [0.3, 0.4) is 0 Å². The lowest BCUT2D eigenvalue weighted by molar-refractivity contribution is -0.117. The predicted octanol–water partition coefficient (Wildman–Crippen LogP) is 2.91. The Morgan fingerprint density at radius 1 is 1.07 bits per heavy atom. The molecule has 0 aliphatic carbocycles. The number of amides is 2. The van der Waals surface area contributed by atoms with Crippen LogP contribution in [0.25, 0.3) is 6.08 Å². The second-order valence-electron chi connectivity index (χ2n) is 5.04. The van der Waals surface area contributed by atoms with Crippen LogP contribution >= 0.6 is 0 Å². The Bertz CT molecular complexity index is 839. The minimum Gasteiger partial charge on any atom is -0.493 e. The molecule has 2 amide bonds. The fourth-order valence-electron chi connectivity index (χ4n) is 2.04. The van der Waals surface area contributed by atoms with E-state index in [0.717, 1.165) is 18.2 Å². The maximum absolute atomic E-state index is 12.8. The number of benzene rings is 2. The van der Waals surface area contributed by atoms with E-state index in [1.807, 2.05) is 0 Å². The standard InChI is InChI=1S/C18H15F3N2O4/c1-26-14-4-2-3-11(16(14)27-18(20)21)7-10-15(24)22-23-17(25)12-5-8-13(19)9-6-12/h2-10,18H,1H3,(H,22,24)(H,23,25)/b10-7+. The van der Waals surface area contributed by atoms with Crippen LogP contribution in [0.2, 0.25) is 0 Å². The average Bonchev–Trinajstić information content (AvgIpc) is 2.65. The van der Waals surface area contributed by atoms with Gasteiger partial charge in [0.1, 0.15) is 5.82 Å². The molecule has 2 N–H and O–H groups in total. The number of methoxy groups -OCH3 is 1. The van der Waals surface area contributed by atoms with E-state index >= 15 is 0 Å². The van der Waals surface area contributed by atoms with Crippen LogP contribution in [0.15, 0.2) is 48.5 Å². The first kappa shape index (κ1) is 19.8. The molecule has 2 aromatic rings. The number of hydrazine groups is 1. The molecular weight excluding hydrogens is 365 g/mol. The third-order valence-corrected chi connectivity index (χ3v) is 3.26. The van der Waals surface area contributed by atoms with Crippen molar-refractivity contribution < 1.29 is 32.2 Å². The molecule has 0 spiro atoms. The van der Waals surface area contributed by atoms with E-state index in [0.29, 0.717) is 0 Å². The molecule has 0 aromatic heterocycles. The molecule has 0 fully saturated rings. The second kappa shape index (κ2) is 9.27. The number of ether oxygens (including phenoxy) is 2. The minimum absolute atomic E-state index is 0.0717. The monoisotopic (exact) mass is 380 g/mol. The number of carbonyl (C=O) groups excluding carboxylic acids is 2. The summed E-state index contributed by atoms with van der Waals surface area (Å²) < 4.78 is 47.3. The van der Waals surface area contributed by atoms with Crippen LogP contribution in [0.1, 0.15) is 15.9 Å².